The van der Waals surface area contributed by atoms with Crippen LogP contribution in [0.25, 0.3) is 11.1 Å². The van der Waals surface area contributed by atoms with Crippen LogP contribution in [0.4, 0.5) is 11.4 Å². The molecule has 0 unspecified atom stereocenters. The van der Waals surface area contributed by atoms with Gasteiger partial charge in [0.05, 0.1) is 10.6 Å². The summed E-state index contributed by atoms with van der Waals surface area (Å²) in [4.78, 5) is 10.4. The summed E-state index contributed by atoms with van der Waals surface area (Å²) in [5, 5.41) is 26.0. The van der Waals surface area contributed by atoms with E-state index in [0.717, 1.165) is 22.1 Å². The van der Waals surface area contributed by atoms with Crippen LogP contribution >= 0.6 is 23.2 Å². The van der Waals surface area contributed by atoms with E-state index in [1.807, 2.05) is 18.2 Å². The van der Waals surface area contributed by atoms with Gasteiger partial charge in [-0.15, -0.1) is 0 Å². The first-order valence-corrected chi connectivity index (χ1v) is 8.07. The lowest BCUT2D eigenvalue weighted by Gasteiger charge is -2.36. The van der Waals surface area contributed by atoms with Gasteiger partial charge in [-0.05, 0) is 36.0 Å². The average molecular weight is 360 g/mol. The lowest BCUT2D eigenvalue weighted by molar-refractivity contribution is -0.384. The molecule has 0 aliphatic heterocycles. The van der Waals surface area contributed by atoms with Gasteiger partial charge in [0.1, 0.15) is 0 Å². The van der Waals surface area contributed by atoms with Crippen molar-refractivity contribution < 1.29 is 10.0 Å². The van der Waals surface area contributed by atoms with E-state index in [1.54, 1.807) is 37.3 Å². The van der Waals surface area contributed by atoms with Gasteiger partial charge in [0.25, 0.3) is 5.69 Å². The van der Waals surface area contributed by atoms with Crippen LogP contribution in [-0.2, 0) is 0 Å². The molecule has 2 aromatic carbocycles. The molecule has 0 bridgehead atoms. The van der Waals surface area contributed by atoms with Crippen LogP contribution in [0.15, 0.2) is 48.5 Å². The van der Waals surface area contributed by atoms with E-state index in [0.29, 0.717) is 5.69 Å². The Hall–Kier alpha value is -2.35. The Morgan fingerprint density at radius 2 is 1.79 bits per heavy atom. The molecule has 2 rings (SSSR count). The highest BCUT2D eigenvalue weighted by atomic mass is 32.1. The Morgan fingerprint density at radius 1 is 1.17 bits per heavy atom. The highest BCUT2D eigenvalue weighted by Gasteiger charge is 2.14. The largest absolute Gasteiger partial charge is 0.804 e. The van der Waals surface area contributed by atoms with Gasteiger partial charge in [-0.25, -0.2) is 5.01 Å². The molecule has 0 saturated heterocycles. The summed E-state index contributed by atoms with van der Waals surface area (Å²) in [7, 11) is 4.28. The summed E-state index contributed by atoms with van der Waals surface area (Å²) >= 11 is 4.63. The Balaban J connectivity index is 2.59. The van der Waals surface area contributed by atoms with Crippen LogP contribution in [0.3, 0.4) is 0 Å². The van der Waals surface area contributed by atoms with E-state index < -0.39 is 4.92 Å². The maximum absolute atomic E-state index is 12.3. The first-order chi connectivity index (χ1) is 11.5. The lowest BCUT2D eigenvalue weighted by atomic mass is 10.0. The summed E-state index contributed by atoms with van der Waals surface area (Å²) in [5.74, 6) is 0. The maximum atomic E-state index is 12.3. The molecule has 0 aromatic heterocycles. The highest BCUT2D eigenvalue weighted by molar-refractivity contribution is 8.04. The number of nitro benzene ring substituents is 1. The van der Waals surface area contributed by atoms with Crippen molar-refractivity contribution in [2.45, 2.75) is 0 Å². The van der Waals surface area contributed by atoms with Crippen LogP contribution in [-0.4, -0.2) is 33.5 Å². The van der Waals surface area contributed by atoms with E-state index in [9.17, 15) is 15.2 Å². The number of para-hydroxylation sites is 1. The SMILES string of the molecule is CN(C)N(C([O-])=S=C=S)c1ccccc1-c1ccc([N+](=O)[O-])cc1. The van der Waals surface area contributed by atoms with Crippen molar-refractivity contribution in [2.24, 2.45) is 0 Å². The van der Waals surface area contributed by atoms with Crippen molar-refractivity contribution in [1.82, 2.24) is 5.01 Å². The first-order valence-electron chi connectivity index (χ1n) is 6.85. The summed E-state index contributed by atoms with van der Waals surface area (Å²) in [6, 6.07) is 13.5. The zero-order chi connectivity index (χ0) is 17.7. The Morgan fingerprint density at radius 3 is 2.33 bits per heavy atom. The number of hydrazine groups is 1. The lowest BCUT2D eigenvalue weighted by Crippen LogP contribution is -2.47. The van der Waals surface area contributed by atoms with Crippen LogP contribution in [0.5, 0.6) is 0 Å². The first kappa shape index (κ1) is 18.0. The van der Waals surface area contributed by atoms with Crippen LogP contribution in [0, 0.1) is 10.1 Å². The third-order valence-corrected chi connectivity index (χ3v) is 3.90. The molecule has 24 heavy (non-hydrogen) atoms. The molecule has 0 atom stereocenters. The molecule has 0 fully saturated rings. The minimum absolute atomic E-state index is 0.0163. The molecule has 0 saturated carbocycles. The fourth-order valence-electron chi connectivity index (χ4n) is 2.22. The maximum Gasteiger partial charge on any atom is 0.269 e. The smallest absolute Gasteiger partial charge is 0.269 e. The van der Waals surface area contributed by atoms with E-state index in [4.69, 9.17) is 0 Å². The number of nitrogens with zero attached hydrogens (tertiary/aromatic N) is 3. The highest BCUT2D eigenvalue weighted by Crippen LogP contribution is 2.32. The van der Waals surface area contributed by atoms with Gasteiger partial charge in [-0.2, -0.15) is 0 Å². The van der Waals surface area contributed by atoms with Gasteiger partial charge in [0.15, 0.2) is 0 Å². The van der Waals surface area contributed by atoms with Crippen LogP contribution < -0.4 is 10.1 Å². The molecule has 2 aromatic rings. The molecule has 0 radical (unpaired) electrons. The van der Waals surface area contributed by atoms with Crippen molar-refractivity contribution in [3.63, 3.8) is 0 Å². The van der Waals surface area contributed by atoms with E-state index in [-0.39, 0.29) is 10.9 Å². The zero-order valence-corrected chi connectivity index (χ0v) is 14.6. The number of rotatable bonds is 4. The van der Waals surface area contributed by atoms with Crippen molar-refractivity contribution in [2.75, 3.05) is 19.1 Å². The molecule has 0 amide bonds. The number of non-ortho nitro benzene ring substituents is 1. The van der Waals surface area contributed by atoms with Crippen LogP contribution in [0.1, 0.15) is 0 Å². The molecule has 0 spiro atoms. The van der Waals surface area contributed by atoms with Crippen molar-refractivity contribution >= 4 is 44.0 Å². The van der Waals surface area contributed by atoms with Gasteiger partial charge in [-0.3, -0.25) is 15.1 Å². The fraction of sp³-hybridized carbons (Fsp3) is 0.125. The monoisotopic (exact) mass is 360 g/mol. The Bertz CT molecular complexity index is 840. The molecule has 0 heterocycles. The topological polar surface area (TPSA) is 72.7 Å². The predicted molar refractivity (Wildman–Crippen MR) is 99.9 cm³/mol. The minimum Gasteiger partial charge on any atom is -0.804 e. The number of hydrogen-bond donors (Lipinski definition) is 0. The van der Waals surface area contributed by atoms with Crippen molar-refractivity contribution in [3.05, 3.63) is 58.6 Å². The van der Waals surface area contributed by atoms with Gasteiger partial charge in [0.2, 0.25) is 0 Å². The molecule has 0 N–H and O–H groups in total. The summed E-state index contributed by atoms with van der Waals surface area (Å²) < 4.78 is 2.36. The molecule has 0 aliphatic carbocycles. The molecule has 0 aliphatic rings. The average Bonchev–Trinajstić information content (AvgIpc) is 2.55. The Labute approximate surface area is 148 Å². The third kappa shape index (κ3) is 3.94. The summed E-state index contributed by atoms with van der Waals surface area (Å²) in [5.41, 5.74) is 2.22. The summed E-state index contributed by atoms with van der Waals surface area (Å²) in [6.07, 6.45) is 0. The minimum atomic E-state index is -0.447. The summed E-state index contributed by atoms with van der Waals surface area (Å²) in [6.45, 7) is 0. The molecular formula is C16H14N3O3S2-. The number of nitro groups is 1. The van der Waals surface area contributed by atoms with Gasteiger partial charge >= 0.3 is 0 Å². The standard InChI is InChI=1S/C16H15N3O3S2/c1-17(2)18(16(20)24-11-23)15-6-4-3-5-14(15)12-7-9-13(10-8-12)19(21)22/h3-10,20H,1-2H3/p-1. The van der Waals surface area contributed by atoms with Crippen molar-refractivity contribution in [3.8, 4) is 11.1 Å². The second-order valence-electron chi connectivity index (χ2n) is 4.93. The quantitative estimate of drug-likeness (QED) is 0.474. The number of anilines is 1. The van der Waals surface area contributed by atoms with Gasteiger partial charge in [-0.1, -0.05) is 29.1 Å². The normalized spacial score (nSPS) is 10.2. The second-order valence-corrected chi connectivity index (χ2v) is 6.15. The van der Waals surface area contributed by atoms with Gasteiger partial charge < -0.3 is 5.11 Å². The van der Waals surface area contributed by atoms with E-state index in [2.05, 4.69) is 16.5 Å². The molecule has 6 nitrogen and oxygen atoms in total. The van der Waals surface area contributed by atoms with E-state index in [1.165, 1.54) is 17.1 Å². The van der Waals surface area contributed by atoms with Gasteiger partial charge in [0, 0.05) is 41.3 Å². The van der Waals surface area contributed by atoms with E-state index >= 15 is 0 Å². The molecule has 124 valence electrons. The fourth-order valence-corrected chi connectivity index (χ4v) is 2.85. The Kier molecular flexibility index (Phi) is 5.97. The molecular weight excluding hydrogens is 346 g/mol. The number of thiocarbonyl (C=S) groups is 1. The molecule has 8 heteroatoms. The van der Waals surface area contributed by atoms with Crippen molar-refractivity contribution in [1.29, 1.82) is 0 Å². The zero-order valence-electron chi connectivity index (χ0n) is 13.0. The second kappa shape index (κ2) is 7.96. The predicted octanol–water partition coefficient (Wildman–Crippen LogP) is 2.56. The third-order valence-electron chi connectivity index (χ3n) is 3.22. The number of benzene rings is 2. The van der Waals surface area contributed by atoms with Crippen LogP contribution in [0.2, 0.25) is 0 Å². The number of hydrogen-bond acceptors (Lipinski definition) is 5.